The molecule has 0 radical (unpaired) electrons. The molecule has 5 rings (SSSR count). The van der Waals surface area contributed by atoms with Gasteiger partial charge in [0.2, 0.25) is 0 Å². The average Bonchev–Trinajstić information content (AvgIpc) is 3.10. The Bertz CT molecular complexity index is 914. The van der Waals surface area contributed by atoms with Gasteiger partial charge in [0.1, 0.15) is 0 Å². The van der Waals surface area contributed by atoms with Crippen LogP contribution in [0, 0.1) is 48.3 Å². The molecule has 1 N–H and O–H groups in total. The van der Waals surface area contributed by atoms with E-state index in [2.05, 4.69) is 31.9 Å². The first-order chi connectivity index (χ1) is 14.1. The molecule has 0 aliphatic heterocycles. The van der Waals surface area contributed by atoms with E-state index in [1.807, 2.05) is 18.7 Å². The summed E-state index contributed by atoms with van der Waals surface area (Å²) in [7, 11) is 1.98. The lowest BCUT2D eigenvalue weighted by Gasteiger charge is -2.59. The maximum absolute atomic E-state index is 13.6. The van der Waals surface area contributed by atoms with Crippen LogP contribution < -0.4 is 0 Å². The number of aliphatic hydroxyl groups is 1. The molecule has 1 aromatic heterocycles. The van der Waals surface area contributed by atoms with E-state index in [9.17, 15) is 9.90 Å². The molecule has 4 aliphatic rings. The van der Waals surface area contributed by atoms with E-state index in [0.29, 0.717) is 29.0 Å². The Hall–Kier alpha value is -1.42. The lowest BCUT2D eigenvalue weighted by atomic mass is 9.45. The number of carbonyl (C=O) groups is 1. The SMILES string of the molecule is Cc1nn(C)c(C)c1/C=C1/C[C@H]2[C@H]3CC[C@@H]4C[C@H](O)CC[C@]4(C)[C@@H]3CC[C@]2(C)C1=O. The molecule has 0 amide bonds. The number of aromatic nitrogens is 2. The van der Waals surface area contributed by atoms with Crippen LogP contribution >= 0.6 is 0 Å². The predicted octanol–water partition coefficient (Wildman–Crippen LogP) is 5.00. The van der Waals surface area contributed by atoms with E-state index in [4.69, 9.17) is 0 Å². The van der Waals surface area contributed by atoms with Crippen LogP contribution in [0.3, 0.4) is 0 Å². The smallest absolute Gasteiger partial charge is 0.165 e. The van der Waals surface area contributed by atoms with Crippen molar-refractivity contribution in [3.05, 3.63) is 22.5 Å². The first-order valence-corrected chi connectivity index (χ1v) is 12.1. The molecule has 7 atom stereocenters. The van der Waals surface area contributed by atoms with E-state index < -0.39 is 0 Å². The zero-order valence-electron chi connectivity index (χ0n) is 19.4. The minimum atomic E-state index is -0.186. The van der Waals surface area contributed by atoms with Crippen LogP contribution in [-0.2, 0) is 11.8 Å². The molecule has 4 heteroatoms. The Morgan fingerprint density at radius 3 is 2.57 bits per heavy atom. The van der Waals surface area contributed by atoms with Crippen molar-refractivity contribution in [1.82, 2.24) is 9.78 Å². The molecule has 4 aliphatic carbocycles. The highest BCUT2D eigenvalue weighted by atomic mass is 16.3. The second kappa shape index (κ2) is 6.79. The average molecular weight is 411 g/mol. The van der Waals surface area contributed by atoms with Gasteiger partial charge in [0, 0.05) is 23.7 Å². The topological polar surface area (TPSA) is 55.1 Å². The molecule has 0 spiro atoms. The summed E-state index contributed by atoms with van der Waals surface area (Å²) in [6.45, 7) is 8.91. The fourth-order valence-electron chi connectivity index (χ4n) is 8.21. The molecule has 0 bridgehead atoms. The summed E-state index contributed by atoms with van der Waals surface area (Å²) in [5.74, 6) is 2.93. The Balaban J connectivity index is 1.47. The number of rotatable bonds is 1. The highest BCUT2D eigenvalue weighted by Crippen LogP contribution is 2.66. The molecule has 164 valence electrons. The van der Waals surface area contributed by atoms with Gasteiger partial charge in [-0.1, -0.05) is 13.8 Å². The van der Waals surface area contributed by atoms with Gasteiger partial charge in [0.15, 0.2) is 5.78 Å². The minimum Gasteiger partial charge on any atom is -0.393 e. The molecule has 30 heavy (non-hydrogen) atoms. The first kappa shape index (κ1) is 20.5. The van der Waals surface area contributed by atoms with Crippen molar-refractivity contribution in [3.63, 3.8) is 0 Å². The Morgan fingerprint density at radius 2 is 1.87 bits per heavy atom. The van der Waals surface area contributed by atoms with Gasteiger partial charge >= 0.3 is 0 Å². The number of Topliss-reactive ketones (excluding diaryl/α,β-unsaturated/α-hetero) is 1. The summed E-state index contributed by atoms with van der Waals surface area (Å²) < 4.78 is 1.92. The van der Waals surface area contributed by atoms with Crippen molar-refractivity contribution in [2.75, 3.05) is 0 Å². The van der Waals surface area contributed by atoms with E-state index in [-0.39, 0.29) is 11.5 Å². The van der Waals surface area contributed by atoms with E-state index in [0.717, 1.165) is 60.5 Å². The third-order valence-corrected chi connectivity index (χ3v) is 10.2. The van der Waals surface area contributed by atoms with E-state index in [1.54, 1.807) is 0 Å². The second-order valence-electron chi connectivity index (χ2n) is 11.5. The third-order valence-electron chi connectivity index (χ3n) is 10.2. The lowest BCUT2D eigenvalue weighted by molar-refractivity contribution is -0.141. The quantitative estimate of drug-likeness (QED) is 0.663. The molecule has 4 fully saturated rings. The summed E-state index contributed by atoms with van der Waals surface area (Å²) in [5.41, 5.74) is 4.50. The van der Waals surface area contributed by atoms with Crippen LogP contribution in [0.4, 0.5) is 0 Å². The number of allylic oxidation sites excluding steroid dienone is 1. The number of nitrogens with zero attached hydrogens (tertiary/aromatic N) is 2. The second-order valence-corrected chi connectivity index (χ2v) is 11.5. The number of carbonyl (C=O) groups excluding carboxylic acids is 1. The van der Waals surface area contributed by atoms with Gasteiger partial charge in [-0.25, -0.2) is 0 Å². The third kappa shape index (κ3) is 2.75. The largest absolute Gasteiger partial charge is 0.393 e. The monoisotopic (exact) mass is 410 g/mol. The zero-order chi connectivity index (χ0) is 21.4. The van der Waals surface area contributed by atoms with Gasteiger partial charge < -0.3 is 5.11 Å². The van der Waals surface area contributed by atoms with Crippen LogP contribution in [0.1, 0.15) is 82.2 Å². The van der Waals surface area contributed by atoms with Crippen molar-refractivity contribution in [2.24, 2.45) is 41.5 Å². The molecule has 1 aromatic rings. The molecular formula is C26H38N2O2. The summed E-state index contributed by atoms with van der Waals surface area (Å²) in [5, 5.41) is 14.8. The maximum Gasteiger partial charge on any atom is 0.165 e. The van der Waals surface area contributed by atoms with Crippen molar-refractivity contribution >= 4 is 11.9 Å². The number of hydrogen-bond acceptors (Lipinski definition) is 3. The van der Waals surface area contributed by atoms with Gasteiger partial charge in [-0.15, -0.1) is 0 Å². The number of fused-ring (bicyclic) bond motifs is 5. The van der Waals surface area contributed by atoms with Crippen LogP contribution in [0.5, 0.6) is 0 Å². The van der Waals surface area contributed by atoms with Gasteiger partial charge in [-0.05, 0) is 106 Å². The van der Waals surface area contributed by atoms with Crippen molar-refractivity contribution in [3.8, 4) is 0 Å². The summed E-state index contributed by atoms with van der Waals surface area (Å²) >= 11 is 0. The molecule has 0 aromatic carbocycles. The maximum atomic E-state index is 13.6. The predicted molar refractivity (Wildman–Crippen MR) is 119 cm³/mol. The Morgan fingerprint density at radius 1 is 1.10 bits per heavy atom. The van der Waals surface area contributed by atoms with Crippen LogP contribution in [-0.4, -0.2) is 26.8 Å². The number of hydrogen-bond donors (Lipinski definition) is 1. The Labute approximate surface area is 181 Å². The van der Waals surface area contributed by atoms with Gasteiger partial charge in [-0.3, -0.25) is 9.48 Å². The van der Waals surface area contributed by atoms with Crippen molar-refractivity contribution in [2.45, 2.75) is 85.2 Å². The van der Waals surface area contributed by atoms with Crippen molar-refractivity contribution in [1.29, 1.82) is 0 Å². The van der Waals surface area contributed by atoms with Crippen LogP contribution in [0.25, 0.3) is 6.08 Å². The van der Waals surface area contributed by atoms with E-state index in [1.165, 1.54) is 19.3 Å². The first-order valence-electron chi connectivity index (χ1n) is 12.1. The number of ketones is 1. The van der Waals surface area contributed by atoms with Crippen molar-refractivity contribution < 1.29 is 9.90 Å². The Kier molecular flexibility index (Phi) is 4.63. The van der Waals surface area contributed by atoms with Gasteiger partial charge in [0.25, 0.3) is 0 Å². The zero-order valence-corrected chi connectivity index (χ0v) is 19.4. The van der Waals surface area contributed by atoms with Gasteiger partial charge in [0.05, 0.1) is 11.8 Å². The fraction of sp³-hybridized carbons (Fsp3) is 0.769. The molecule has 1 heterocycles. The summed E-state index contributed by atoms with van der Waals surface area (Å²) in [4.78, 5) is 13.6. The normalized spacial score (nSPS) is 44.7. The highest BCUT2D eigenvalue weighted by molar-refractivity contribution is 6.06. The summed E-state index contributed by atoms with van der Waals surface area (Å²) in [6, 6.07) is 0. The fourth-order valence-corrected chi connectivity index (χ4v) is 8.21. The number of aliphatic hydroxyl groups excluding tert-OH is 1. The number of aryl methyl sites for hydroxylation is 2. The summed E-state index contributed by atoms with van der Waals surface area (Å²) in [6.07, 6.45) is 10.8. The van der Waals surface area contributed by atoms with E-state index >= 15 is 0 Å². The standard InChI is InChI=1S/C26H38N2O2/c1-15-21(16(2)28(5)27-15)12-17-13-23-20-7-6-18-14-19(29)8-10-25(18,3)22(20)9-11-26(23,4)24(17)30/h12,18-20,22-23,29H,6-11,13-14H2,1-5H3/b17-12-/t18-,19-,20+,22-,23+,25+,26+/m1/s1. The van der Waals surface area contributed by atoms with Gasteiger partial charge in [-0.2, -0.15) is 5.10 Å². The molecule has 4 nitrogen and oxygen atoms in total. The molecule has 0 saturated heterocycles. The molecule has 0 unspecified atom stereocenters. The molecule has 4 saturated carbocycles. The highest BCUT2D eigenvalue weighted by Gasteiger charge is 2.61. The minimum absolute atomic E-state index is 0.0953. The van der Waals surface area contributed by atoms with Crippen LogP contribution in [0.15, 0.2) is 5.57 Å². The van der Waals surface area contributed by atoms with Crippen LogP contribution in [0.2, 0.25) is 0 Å². The molecular weight excluding hydrogens is 372 g/mol. The lowest BCUT2D eigenvalue weighted by Crippen LogP contribution is -2.54.